The second kappa shape index (κ2) is 5.10. The van der Waals surface area contributed by atoms with Crippen LogP contribution < -0.4 is 5.73 Å². The molecule has 0 spiro atoms. The van der Waals surface area contributed by atoms with Crippen LogP contribution in [0.25, 0.3) is 10.9 Å². The van der Waals surface area contributed by atoms with E-state index in [9.17, 15) is 0 Å². The van der Waals surface area contributed by atoms with Gasteiger partial charge in [-0.1, -0.05) is 0 Å². The van der Waals surface area contributed by atoms with E-state index in [0.717, 1.165) is 30.6 Å². The SMILES string of the molecule is Cc1cc(CCCN)nc2ccc(I)cc12. The summed E-state index contributed by atoms with van der Waals surface area (Å²) < 4.78 is 1.25. The molecule has 1 aromatic carbocycles. The number of fused-ring (bicyclic) bond motifs is 1. The quantitative estimate of drug-likeness (QED) is 0.881. The smallest absolute Gasteiger partial charge is 0.0708 e. The van der Waals surface area contributed by atoms with Crippen molar-refractivity contribution in [2.24, 2.45) is 5.73 Å². The number of hydrogen-bond acceptors (Lipinski definition) is 2. The molecule has 0 fully saturated rings. The zero-order valence-electron chi connectivity index (χ0n) is 9.33. The Morgan fingerprint density at radius 3 is 2.88 bits per heavy atom. The standard InChI is InChI=1S/C13H15IN2/c1-9-7-11(3-2-6-15)16-13-5-4-10(14)8-12(9)13/h4-5,7-8H,2-3,6,15H2,1H3. The molecule has 1 aromatic heterocycles. The van der Waals surface area contributed by atoms with E-state index in [4.69, 9.17) is 5.73 Å². The van der Waals surface area contributed by atoms with Crippen LogP contribution >= 0.6 is 22.6 Å². The number of aryl methyl sites for hydroxylation is 2. The predicted octanol–water partition coefficient (Wildman–Crippen LogP) is 3.04. The second-order valence-corrected chi connectivity index (χ2v) is 5.23. The molecule has 0 aliphatic carbocycles. The average molecular weight is 326 g/mol. The highest BCUT2D eigenvalue weighted by Gasteiger charge is 2.03. The van der Waals surface area contributed by atoms with Crippen LogP contribution in [0.4, 0.5) is 0 Å². The van der Waals surface area contributed by atoms with Crippen molar-refractivity contribution in [3.05, 3.63) is 39.1 Å². The average Bonchev–Trinajstić information content (AvgIpc) is 2.27. The highest BCUT2D eigenvalue weighted by Crippen LogP contribution is 2.20. The molecule has 0 aliphatic heterocycles. The summed E-state index contributed by atoms with van der Waals surface area (Å²) in [7, 11) is 0. The van der Waals surface area contributed by atoms with Crippen molar-refractivity contribution in [3.8, 4) is 0 Å². The summed E-state index contributed by atoms with van der Waals surface area (Å²) in [5.41, 5.74) is 9.06. The number of rotatable bonds is 3. The monoisotopic (exact) mass is 326 g/mol. The van der Waals surface area contributed by atoms with Gasteiger partial charge in [0.15, 0.2) is 0 Å². The van der Waals surface area contributed by atoms with Crippen LogP contribution in [0.3, 0.4) is 0 Å². The summed E-state index contributed by atoms with van der Waals surface area (Å²) >= 11 is 2.33. The molecule has 0 saturated carbocycles. The van der Waals surface area contributed by atoms with Crippen molar-refractivity contribution in [2.45, 2.75) is 19.8 Å². The van der Waals surface area contributed by atoms with Gasteiger partial charge in [-0.25, -0.2) is 0 Å². The van der Waals surface area contributed by atoms with Crippen molar-refractivity contribution in [1.82, 2.24) is 4.98 Å². The molecular weight excluding hydrogens is 311 g/mol. The van der Waals surface area contributed by atoms with Gasteiger partial charge in [0.25, 0.3) is 0 Å². The fourth-order valence-corrected chi connectivity index (χ4v) is 2.34. The van der Waals surface area contributed by atoms with Crippen molar-refractivity contribution >= 4 is 33.5 Å². The molecule has 2 aromatic rings. The fourth-order valence-electron chi connectivity index (χ4n) is 1.85. The maximum atomic E-state index is 5.52. The van der Waals surface area contributed by atoms with E-state index < -0.39 is 0 Å². The molecule has 0 bridgehead atoms. The van der Waals surface area contributed by atoms with Gasteiger partial charge in [-0.05, 0) is 78.7 Å². The van der Waals surface area contributed by atoms with Crippen LogP contribution in [0.5, 0.6) is 0 Å². The van der Waals surface area contributed by atoms with E-state index in [0.29, 0.717) is 0 Å². The molecule has 0 unspecified atom stereocenters. The molecule has 84 valence electrons. The van der Waals surface area contributed by atoms with Gasteiger partial charge in [0.1, 0.15) is 0 Å². The first-order chi connectivity index (χ1) is 7.70. The van der Waals surface area contributed by atoms with Crippen LogP contribution in [0, 0.1) is 10.5 Å². The topological polar surface area (TPSA) is 38.9 Å². The van der Waals surface area contributed by atoms with Gasteiger partial charge < -0.3 is 5.73 Å². The Hall–Kier alpha value is -0.680. The Kier molecular flexibility index (Phi) is 3.76. The van der Waals surface area contributed by atoms with Gasteiger partial charge in [-0.2, -0.15) is 0 Å². The Bertz CT molecular complexity index is 509. The maximum absolute atomic E-state index is 5.52. The third-order valence-corrected chi connectivity index (χ3v) is 3.34. The molecule has 0 aliphatic rings. The first-order valence-electron chi connectivity index (χ1n) is 5.46. The Balaban J connectivity index is 2.46. The zero-order chi connectivity index (χ0) is 11.5. The lowest BCUT2D eigenvalue weighted by molar-refractivity contribution is 0.813. The summed E-state index contributed by atoms with van der Waals surface area (Å²) in [5, 5.41) is 1.25. The molecular formula is C13H15IN2. The Morgan fingerprint density at radius 2 is 2.12 bits per heavy atom. The molecule has 1 heterocycles. The van der Waals surface area contributed by atoms with E-state index >= 15 is 0 Å². The Labute approximate surface area is 109 Å². The summed E-state index contributed by atoms with van der Waals surface area (Å²) in [6.45, 7) is 2.87. The molecule has 0 amide bonds. The number of nitrogens with two attached hydrogens (primary N) is 1. The minimum atomic E-state index is 0.728. The number of benzene rings is 1. The molecule has 2 rings (SSSR count). The lowest BCUT2D eigenvalue weighted by atomic mass is 10.1. The lowest BCUT2D eigenvalue weighted by Crippen LogP contribution is -2.02. The van der Waals surface area contributed by atoms with Crippen molar-refractivity contribution in [2.75, 3.05) is 6.54 Å². The van der Waals surface area contributed by atoms with E-state index in [2.05, 4.69) is 58.8 Å². The normalized spacial score (nSPS) is 10.9. The molecule has 0 atom stereocenters. The van der Waals surface area contributed by atoms with E-state index in [1.807, 2.05) is 0 Å². The molecule has 2 N–H and O–H groups in total. The van der Waals surface area contributed by atoms with E-state index in [-0.39, 0.29) is 0 Å². The summed E-state index contributed by atoms with van der Waals surface area (Å²) in [4.78, 5) is 4.66. The molecule has 2 nitrogen and oxygen atoms in total. The number of halogens is 1. The molecule has 0 radical (unpaired) electrons. The van der Waals surface area contributed by atoms with Crippen molar-refractivity contribution in [3.63, 3.8) is 0 Å². The fraction of sp³-hybridized carbons (Fsp3) is 0.308. The van der Waals surface area contributed by atoms with Gasteiger partial charge >= 0.3 is 0 Å². The zero-order valence-corrected chi connectivity index (χ0v) is 11.5. The third kappa shape index (κ3) is 2.52. The number of nitrogens with zero attached hydrogens (tertiary/aromatic N) is 1. The number of aromatic nitrogens is 1. The maximum Gasteiger partial charge on any atom is 0.0708 e. The van der Waals surface area contributed by atoms with Crippen LogP contribution in [0.1, 0.15) is 17.7 Å². The van der Waals surface area contributed by atoms with Crippen LogP contribution in [0.15, 0.2) is 24.3 Å². The lowest BCUT2D eigenvalue weighted by Gasteiger charge is -2.06. The van der Waals surface area contributed by atoms with Crippen LogP contribution in [0.2, 0.25) is 0 Å². The first kappa shape index (κ1) is 11.8. The number of hydrogen-bond donors (Lipinski definition) is 1. The third-order valence-electron chi connectivity index (χ3n) is 2.67. The first-order valence-corrected chi connectivity index (χ1v) is 6.54. The molecule has 0 saturated heterocycles. The molecule has 16 heavy (non-hydrogen) atoms. The summed E-state index contributed by atoms with van der Waals surface area (Å²) in [6.07, 6.45) is 1.97. The van der Waals surface area contributed by atoms with Gasteiger partial charge in [-0.3, -0.25) is 4.98 Å². The van der Waals surface area contributed by atoms with Crippen LogP contribution in [-0.2, 0) is 6.42 Å². The largest absolute Gasteiger partial charge is 0.330 e. The van der Waals surface area contributed by atoms with E-state index in [1.54, 1.807) is 0 Å². The highest BCUT2D eigenvalue weighted by atomic mass is 127. The predicted molar refractivity (Wildman–Crippen MR) is 76.6 cm³/mol. The van der Waals surface area contributed by atoms with E-state index in [1.165, 1.54) is 14.5 Å². The minimum Gasteiger partial charge on any atom is -0.330 e. The van der Waals surface area contributed by atoms with Gasteiger partial charge in [0.05, 0.1) is 5.52 Å². The number of pyridine rings is 1. The second-order valence-electron chi connectivity index (χ2n) is 3.98. The van der Waals surface area contributed by atoms with Crippen LogP contribution in [-0.4, -0.2) is 11.5 Å². The Morgan fingerprint density at radius 1 is 1.31 bits per heavy atom. The van der Waals surface area contributed by atoms with Gasteiger partial charge in [0.2, 0.25) is 0 Å². The highest BCUT2D eigenvalue weighted by molar-refractivity contribution is 14.1. The minimum absolute atomic E-state index is 0.728. The molecule has 3 heteroatoms. The summed E-state index contributed by atoms with van der Waals surface area (Å²) in [6, 6.07) is 8.55. The van der Waals surface area contributed by atoms with Crippen molar-refractivity contribution < 1.29 is 0 Å². The summed E-state index contributed by atoms with van der Waals surface area (Å²) in [5.74, 6) is 0. The van der Waals surface area contributed by atoms with Gasteiger partial charge in [0, 0.05) is 14.7 Å². The van der Waals surface area contributed by atoms with Crippen molar-refractivity contribution in [1.29, 1.82) is 0 Å². The van der Waals surface area contributed by atoms with Gasteiger partial charge in [-0.15, -0.1) is 0 Å².